The lowest BCUT2D eigenvalue weighted by Crippen LogP contribution is -2.63. The molecule has 7 rings (SSSR count). The van der Waals surface area contributed by atoms with Crippen molar-refractivity contribution in [2.24, 2.45) is 23.2 Å². The van der Waals surface area contributed by atoms with Crippen molar-refractivity contribution in [1.82, 2.24) is 4.90 Å². The third-order valence-corrected chi connectivity index (χ3v) is 10.1. The molecule has 5 heteroatoms. The van der Waals surface area contributed by atoms with E-state index in [1.54, 1.807) is 17.3 Å². The van der Waals surface area contributed by atoms with E-state index in [0.29, 0.717) is 23.9 Å². The van der Waals surface area contributed by atoms with Gasteiger partial charge in [-0.05, 0) is 93.0 Å². The van der Waals surface area contributed by atoms with E-state index in [2.05, 4.69) is 22.8 Å². The van der Waals surface area contributed by atoms with Crippen LogP contribution in [-0.4, -0.2) is 49.2 Å². The number of aryl methyl sites for hydroxylation is 1. The van der Waals surface area contributed by atoms with E-state index >= 15 is 0 Å². The summed E-state index contributed by atoms with van der Waals surface area (Å²) in [6, 6.07) is 6.82. The fourth-order valence-electron chi connectivity index (χ4n) is 8.77. The maximum Gasteiger partial charge on any atom is 0.126 e. The second-order valence-corrected chi connectivity index (χ2v) is 12.3. The predicted molar refractivity (Wildman–Crippen MR) is 132 cm³/mol. The number of halogens is 2. The van der Waals surface area contributed by atoms with Gasteiger partial charge in [0.15, 0.2) is 0 Å². The standard InChI is InChI=1S/C28H38ClFN2O/c1-17-12-21(5-6-24(17)30)32-25-7-4-20(29)14-23(25)22-8-10-31-16-18-13-19(9-11-33-3)26(31)28(2,15-18)27(22)32/h5-6,12,18-20,23,25-26H,4,7-11,13-16H2,1-3H3. The van der Waals surface area contributed by atoms with Gasteiger partial charge in [0.2, 0.25) is 0 Å². The summed E-state index contributed by atoms with van der Waals surface area (Å²) < 4.78 is 19.8. The molecule has 0 spiro atoms. The molecule has 0 aromatic heterocycles. The lowest BCUT2D eigenvalue weighted by molar-refractivity contribution is -0.0781. The molecule has 4 bridgehead atoms. The Bertz CT molecular complexity index is 965. The zero-order valence-electron chi connectivity index (χ0n) is 20.3. The quantitative estimate of drug-likeness (QED) is 0.489. The van der Waals surface area contributed by atoms with Crippen LogP contribution in [0.4, 0.5) is 10.1 Å². The summed E-state index contributed by atoms with van der Waals surface area (Å²) in [5.41, 5.74) is 5.33. The second kappa shape index (κ2) is 8.24. The van der Waals surface area contributed by atoms with Crippen molar-refractivity contribution in [3.05, 3.63) is 40.8 Å². The molecule has 1 aromatic rings. The number of hydrogen-bond donors (Lipinski definition) is 0. The zero-order valence-corrected chi connectivity index (χ0v) is 21.1. The number of alkyl halides is 1. The SMILES string of the molecule is COCCC1CC2CN3CCC4=C(N(c5ccc(F)c(C)c5)C5CCC(Cl)CC45)C(C)(C2)C13. The summed E-state index contributed by atoms with van der Waals surface area (Å²) in [5.74, 6) is 1.88. The highest BCUT2D eigenvalue weighted by Gasteiger charge is 2.60. The Kier molecular flexibility index (Phi) is 5.59. The van der Waals surface area contributed by atoms with Gasteiger partial charge in [-0.15, -0.1) is 11.6 Å². The molecule has 4 heterocycles. The number of benzene rings is 1. The maximum atomic E-state index is 14.3. The van der Waals surface area contributed by atoms with Crippen LogP contribution in [0.3, 0.4) is 0 Å². The first-order valence-electron chi connectivity index (χ1n) is 13.1. The molecule has 4 fully saturated rings. The van der Waals surface area contributed by atoms with E-state index in [9.17, 15) is 4.39 Å². The Morgan fingerprint density at radius 1 is 1.24 bits per heavy atom. The normalized spacial score (nSPS) is 41.7. The van der Waals surface area contributed by atoms with Gasteiger partial charge in [-0.2, -0.15) is 0 Å². The molecular weight excluding hydrogens is 435 g/mol. The number of piperidine rings is 2. The highest BCUT2D eigenvalue weighted by Crippen LogP contribution is 2.62. The van der Waals surface area contributed by atoms with Crippen LogP contribution in [0.15, 0.2) is 29.5 Å². The minimum atomic E-state index is -0.109. The molecule has 8 unspecified atom stereocenters. The van der Waals surface area contributed by atoms with Crippen molar-refractivity contribution >= 4 is 17.3 Å². The number of ether oxygens (including phenoxy) is 1. The molecule has 8 atom stereocenters. The van der Waals surface area contributed by atoms with Gasteiger partial charge in [0, 0.05) is 67.0 Å². The fraction of sp³-hybridized carbons (Fsp3) is 0.714. The number of rotatable bonds is 4. The first-order chi connectivity index (χ1) is 15.9. The molecule has 2 saturated heterocycles. The first-order valence-corrected chi connectivity index (χ1v) is 13.5. The molecule has 0 radical (unpaired) electrons. The number of anilines is 1. The Labute approximate surface area is 203 Å². The largest absolute Gasteiger partial charge is 0.385 e. The topological polar surface area (TPSA) is 15.7 Å². The molecule has 0 amide bonds. The smallest absolute Gasteiger partial charge is 0.126 e. The van der Waals surface area contributed by atoms with Crippen molar-refractivity contribution in [2.45, 2.75) is 76.3 Å². The molecule has 33 heavy (non-hydrogen) atoms. The van der Waals surface area contributed by atoms with E-state index in [0.717, 1.165) is 50.2 Å². The van der Waals surface area contributed by atoms with Gasteiger partial charge >= 0.3 is 0 Å². The molecule has 2 saturated carbocycles. The zero-order chi connectivity index (χ0) is 22.9. The lowest BCUT2D eigenvalue weighted by Gasteiger charge is -2.60. The van der Waals surface area contributed by atoms with Crippen LogP contribution in [0, 0.1) is 35.9 Å². The Morgan fingerprint density at radius 2 is 2.09 bits per heavy atom. The summed E-state index contributed by atoms with van der Waals surface area (Å²) in [6.45, 7) is 7.74. The van der Waals surface area contributed by atoms with Gasteiger partial charge in [0.1, 0.15) is 5.82 Å². The van der Waals surface area contributed by atoms with Crippen molar-refractivity contribution < 1.29 is 9.13 Å². The highest BCUT2D eigenvalue weighted by atomic mass is 35.5. The Hall–Kier alpha value is -1.10. The van der Waals surface area contributed by atoms with Crippen molar-refractivity contribution in [3.63, 3.8) is 0 Å². The minimum Gasteiger partial charge on any atom is -0.385 e. The Morgan fingerprint density at radius 3 is 2.88 bits per heavy atom. The van der Waals surface area contributed by atoms with Gasteiger partial charge in [0.05, 0.1) is 0 Å². The molecule has 6 aliphatic rings. The first kappa shape index (κ1) is 22.4. The maximum absolute atomic E-state index is 14.3. The van der Waals surface area contributed by atoms with Gasteiger partial charge < -0.3 is 9.64 Å². The third kappa shape index (κ3) is 3.42. The number of methoxy groups -OCH3 is 1. The highest BCUT2D eigenvalue weighted by molar-refractivity contribution is 6.20. The number of fused-ring (bicyclic) bond motifs is 3. The third-order valence-electron chi connectivity index (χ3n) is 9.73. The molecule has 3 nitrogen and oxygen atoms in total. The average Bonchev–Trinajstić information content (AvgIpc) is 3.07. The lowest BCUT2D eigenvalue weighted by atomic mass is 9.57. The number of hydrogen-bond acceptors (Lipinski definition) is 3. The predicted octanol–water partition coefficient (Wildman–Crippen LogP) is 6.14. The van der Waals surface area contributed by atoms with Crippen LogP contribution in [0.2, 0.25) is 0 Å². The second-order valence-electron chi connectivity index (χ2n) is 11.7. The summed E-state index contributed by atoms with van der Waals surface area (Å²) in [4.78, 5) is 5.52. The van der Waals surface area contributed by atoms with E-state index in [1.807, 2.05) is 20.1 Å². The van der Waals surface area contributed by atoms with E-state index in [4.69, 9.17) is 16.3 Å². The van der Waals surface area contributed by atoms with Crippen LogP contribution in [0.1, 0.15) is 57.4 Å². The number of nitrogens with zero attached hydrogens (tertiary/aromatic N) is 2. The monoisotopic (exact) mass is 472 g/mol. The molecule has 4 aliphatic heterocycles. The van der Waals surface area contributed by atoms with Crippen molar-refractivity contribution in [3.8, 4) is 0 Å². The van der Waals surface area contributed by atoms with Crippen LogP contribution in [-0.2, 0) is 4.74 Å². The molecule has 180 valence electrons. The molecule has 2 aliphatic carbocycles. The van der Waals surface area contributed by atoms with E-state index in [-0.39, 0.29) is 16.6 Å². The van der Waals surface area contributed by atoms with E-state index in [1.165, 1.54) is 31.6 Å². The van der Waals surface area contributed by atoms with Gasteiger partial charge in [0.25, 0.3) is 0 Å². The summed E-state index contributed by atoms with van der Waals surface area (Å²) in [6.07, 6.45) is 8.21. The summed E-state index contributed by atoms with van der Waals surface area (Å²) >= 11 is 6.77. The van der Waals surface area contributed by atoms with E-state index < -0.39 is 0 Å². The van der Waals surface area contributed by atoms with Crippen molar-refractivity contribution in [1.29, 1.82) is 0 Å². The molecule has 1 aromatic carbocycles. The average molecular weight is 473 g/mol. The summed E-state index contributed by atoms with van der Waals surface area (Å²) in [7, 11) is 1.83. The van der Waals surface area contributed by atoms with Crippen LogP contribution in [0.25, 0.3) is 0 Å². The molecular formula is C28H38ClFN2O. The van der Waals surface area contributed by atoms with Crippen LogP contribution in [0.5, 0.6) is 0 Å². The Balaban J connectivity index is 1.49. The summed E-state index contributed by atoms with van der Waals surface area (Å²) in [5, 5.41) is 0.275. The van der Waals surface area contributed by atoms with Crippen molar-refractivity contribution in [2.75, 3.05) is 31.7 Å². The van der Waals surface area contributed by atoms with Crippen LogP contribution < -0.4 is 4.90 Å². The van der Waals surface area contributed by atoms with Gasteiger partial charge in [-0.25, -0.2) is 4.39 Å². The van der Waals surface area contributed by atoms with Gasteiger partial charge in [-0.3, -0.25) is 4.90 Å². The van der Waals surface area contributed by atoms with Crippen LogP contribution >= 0.6 is 11.6 Å². The molecule has 0 N–H and O–H groups in total. The van der Waals surface area contributed by atoms with Gasteiger partial charge in [-0.1, -0.05) is 6.92 Å². The minimum absolute atomic E-state index is 0.109. The fourth-order valence-corrected chi connectivity index (χ4v) is 9.09.